The molecule has 4 heteroatoms. The monoisotopic (exact) mass is 301 g/mol. The summed E-state index contributed by atoms with van der Waals surface area (Å²) in [5.41, 5.74) is 2.63. The first-order valence-electron chi connectivity index (χ1n) is 7.00. The molecule has 2 aromatic rings. The third-order valence-electron chi connectivity index (χ3n) is 3.60. The van der Waals surface area contributed by atoms with Gasteiger partial charge in [-0.05, 0) is 36.8 Å². The van der Waals surface area contributed by atoms with Gasteiger partial charge >= 0.3 is 0 Å². The van der Waals surface area contributed by atoms with Crippen LogP contribution in [0.15, 0.2) is 42.5 Å². The summed E-state index contributed by atoms with van der Waals surface area (Å²) in [6.07, 6.45) is 0.432. The number of halogens is 1. The maximum Gasteiger partial charge on any atom is 0.167 e. The van der Waals surface area contributed by atoms with Gasteiger partial charge in [0.05, 0.1) is 17.7 Å². The molecule has 1 unspecified atom stereocenters. The van der Waals surface area contributed by atoms with Crippen molar-refractivity contribution in [3.63, 3.8) is 0 Å². The molecule has 0 aromatic heterocycles. The van der Waals surface area contributed by atoms with Crippen LogP contribution in [0.3, 0.4) is 0 Å². The van der Waals surface area contributed by atoms with Crippen LogP contribution in [0.25, 0.3) is 0 Å². The molecule has 1 atom stereocenters. The zero-order valence-corrected chi connectivity index (χ0v) is 12.5. The predicted octanol–water partition coefficient (Wildman–Crippen LogP) is 4.48. The molecular formula is C17H16ClNO2. The Hall–Kier alpha value is -2.00. The van der Waals surface area contributed by atoms with E-state index >= 15 is 0 Å². The van der Waals surface area contributed by atoms with E-state index in [0.29, 0.717) is 23.8 Å². The number of rotatable bonds is 3. The molecule has 0 bridgehead atoms. The number of benzene rings is 2. The minimum Gasteiger partial charge on any atom is -0.492 e. The first-order chi connectivity index (χ1) is 10.2. The lowest BCUT2D eigenvalue weighted by molar-refractivity contribution is 0.0972. The molecule has 1 aliphatic rings. The van der Waals surface area contributed by atoms with Gasteiger partial charge < -0.3 is 10.1 Å². The molecule has 0 saturated heterocycles. The molecule has 21 heavy (non-hydrogen) atoms. The number of carbonyl (C=O) groups excluding carboxylic acids is 1. The maximum absolute atomic E-state index is 12.2. The number of carbonyl (C=O) groups is 1. The van der Waals surface area contributed by atoms with E-state index in [9.17, 15) is 4.79 Å². The summed E-state index contributed by atoms with van der Waals surface area (Å²) in [5.74, 6) is 0.824. The standard InChI is InChI=1S/C17H16ClNO2/c1-2-21-17-8-7-11(9-13(17)18)15-10-16(20)12-5-3-4-6-14(12)19-15/h3-9,15,19H,2,10H2,1H3. The highest BCUT2D eigenvalue weighted by Crippen LogP contribution is 2.35. The molecule has 0 saturated carbocycles. The van der Waals surface area contributed by atoms with Gasteiger partial charge in [0.25, 0.3) is 0 Å². The SMILES string of the molecule is CCOc1ccc(C2CC(=O)c3ccccc3N2)cc1Cl. The largest absolute Gasteiger partial charge is 0.492 e. The van der Waals surface area contributed by atoms with E-state index in [1.165, 1.54) is 0 Å². The highest BCUT2D eigenvalue weighted by Gasteiger charge is 2.25. The van der Waals surface area contributed by atoms with Crippen LogP contribution < -0.4 is 10.1 Å². The fourth-order valence-corrected chi connectivity index (χ4v) is 2.84. The van der Waals surface area contributed by atoms with Crippen molar-refractivity contribution in [1.82, 2.24) is 0 Å². The number of para-hydroxylation sites is 1. The molecule has 1 heterocycles. The lowest BCUT2D eigenvalue weighted by Crippen LogP contribution is -2.22. The third-order valence-corrected chi connectivity index (χ3v) is 3.90. The third kappa shape index (κ3) is 2.74. The Labute approximate surface area is 128 Å². The normalized spacial score (nSPS) is 17.0. The van der Waals surface area contributed by atoms with Gasteiger partial charge in [0.1, 0.15) is 5.75 Å². The van der Waals surface area contributed by atoms with Crippen LogP contribution in [0.4, 0.5) is 5.69 Å². The average Bonchev–Trinajstić information content (AvgIpc) is 2.49. The second-order valence-electron chi connectivity index (χ2n) is 4.99. The Morgan fingerprint density at radius 1 is 1.29 bits per heavy atom. The molecule has 108 valence electrons. The van der Waals surface area contributed by atoms with Crippen LogP contribution in [0, 0.1) is 0 Å². The summed E-state index contributed by atoms with van der Waals surface area (Å²) in [5, 5.41) is 3.97. The second kappa shape index (κ2) is 5.78. The van der Waals surface area contributed by atoms with Crippen LogP contribution in [0.5, 0.6) is 5.75 Å². The molecule has 0 spiro atoms. The Morgan fingerprint density at radius 3 is 2.86 bits per heavy atom. The highest BCUT2D eigenvalue weighted by molar-refractivity contribution is 6.32. The van der Waals surface area contributed by atoms with E-state index in [2.05, 4.69) is 5.32 Å². The molecule has 1 N–H and O–H groups in total. The van der Waals surface area contributed by atoms with Crippen molar-refractivity contribution < 1.29 is 9.53 Å². The van der Waals surface area contributed by atoms with Gasteiger partial charge in [-0.1, -0.05) is 29.8 Å². The maximum atomic E-state index is 12.2. The summed E-state index contributed by atoms with van der Waals surface area (Å²) in [4.78, 5) is 12.2. The number of hydrogen-bond donors (Lipinski definition) is 1. The summed E-state index contributed by atoms with van der Waals surface area (Å²) >= 11 is 6.23. The number of anilines is 1. The van der Waals surface area contributed by atoms with Crippen molar-refractivity contribution in [3.8, 4) is 5.75 Å². The Balaban J connectivity index is 1.89. The second-order valence-corrected chi connectivity index (χ2v) is 5.40. The van der Waals surface area contributed by atoms with Crippen molar-refractivity contribution in [2.24, 2.45) is 0 Å². The molecule has 0 radical (unpaired) electrons. The van der Waals surface area contributed by atoms with Gasteiger partial charge in [0.15, 0.2) is 5.78 Å². The number of ketones is 1. The summed E-state index contributed by atoms with van der Waals surface area (Å²) < 4.78 is 5.44. The van der Waals surface area contributed by atoms with E-state index < -0.39 is 0 Å². The van der Waals surface area contributed by atoms with Crippen molar-refractivity contribution in [3.05, 3.63) is 58.6 Å². The lowest BCUT2D eigenvalue weighted by Gasteiger charge is -2.26. The minimum atomic E-state index is -0.0550. The van der Waals surface area contributed by atoms with E-state index in [0.717, 1.165) is 16.8 Å². The van der Waals surface area contributed by atoms with Gasteiger partial charge in [-0.2, -0.15) is 0 Å². The van der Waals surface area contributed by atoms with Gasteiger partial charge in [-0.25, -0.2) is 0 Å². The summed E-state index contributed by atoms with van der Waals surface area (Å²) in [6, 6.07) is 13.2. The van der Waals surface area contributed by atoms with Gasteiger partial charge in [-0.15, -0.1) is 0 Å². The molecule has 0 aliphatic carbocycles. The number of fused-ring (bicyclic) bond motifs is 1. The van der Waals surface area contributed by atoms with Crippen LogP contribution >= 0.6 is 11.6 Å². The summed E-state index contributed by atoms with van der Waals surface area (Å²) in [6.45, 7) is 2.50. The molecule has 0 amide bonds. The van der Waals surface area contributed by atoms with E-state index in [1.54, 1.807) is 0 Å². The van der Waals surface area contributed by atoms with Crippen LogP contribution in [-0.4, -0.2) is 12.4 Å². The fraction of sp³-hybridized carbons (Fsp3) is 0.235. The Bertz CT molecular complexity index is 684. The van der Waals surface area contributed by atoms with Crippen molar-refractivity contribution in [2.75, 3.05) is 11.9 Å². The van der Waals surface area contributed by atoms with E-state index in [4.69, 9.17) is 16.3 Å². The number of Topliss-reactive ketones (excluding diaryl/α,β-unsaturated/α-hetero) is 1. The molecule has 0 fully saturated rings. The topological polar surface area (TPSA) is 38.3 Å². The number of hydrogen-bond acceptors (Lipinski definition) is 3. The Kier molecular flexibility index (Phi) is 3.84. The average molecular weight is 302 g/mol. The van der Waals surface area contributed by atoms with E-state index in [1.807, 2.05) is 49.4 Å². The number of ether oxygens (including phenoxy) is 1. The zero-order chi connectivity index (χ0) is 14.8. The summed E-state index contributed by atoms with van der Waals surface area (Å²) in [7, 11) is 0. The zero-order valence-electron chi connectivity index (χ0n) is 11.7. The van der Waals surface area contributed by atoms with E-state index in [-0.39, 0.29) is 11.8 Å². The fourth-order valence-electron chi connectivity index (χ4n) is 2.59. The quantitative estimate of drug-likeness (QED) is 0.908. The number of nitrogens with one attached hydrogen (secondary N) is 1. The minimum absolute atomic E-state index is 0.0550. The van der Waals surface area contributed by atoms with Gasteiger partial charge in [0, 0.05) is 17.7 Å². The van der Waals surface area contributed by atoms with Crippen molar-refractivity contribution in [2.45, 2.75) is 19.4 Å². The molecule has 2 aromatic carbocycles. The Morgan fingerprint density at radius 2 is 2.10 bits per heavy atom. The highest BCUT2D eigenvalue weighted by atomic mass is 35.5. The van der Waals surface area contributed by atoms with Crippen LogP contribution in [0.2, 0.25) is 5.02 Å². The van der Waals surface area contributed by atoms with Gasteiger partial charge in [-0.3, -0.25) is 4.79 Å². The molecule has 3 rings (SSSR count). The van der Waals surface area contributed by atoms with Crippen molar-refractivity contribution >= 4 is 23.1 Å². The molecule has 1 aliphatic heterocycles. The lowest BCUT2D eigenvalue weighted by atomic mass is 9.92. The van der Waals surface area contributed by atoms with Crippen LogP contribution in [-0.2, 0) is 0 Å². The molecular weight excluding hydrogens is 286 g/mol. The first-order valence-corrected chi connectivity index (χ1v) is 7.38. The smallest absolute Gasteiger partial charge is 0.167 e. The van der Waals surface area contributed by atoms with Crippen molar-refractivity contribution in [1.29, 1.82) is 0 Å². The predicted molar refractivity (Wildman–Crippen MR) is 84.4 cm³/mol. The molecule has 3 nitrogen and oxygen atoms in total. The van der Waals surface area contributed by atoms with Crippen LogP contribution in [0.1, 0.15) is 35.3 Å². The first kappa shape index (κ1) is 14.0. The van der Waals surface area contributed by atoms with Gasteiger partial charge in [0.2, 0.25) is 0 Å².